The van der Waals surface area contributed by atoms with E-state index in [1.54, 1.807) is 6.08 Å². The molecule has 0 aliphatic carbocycles. The molecule has 0 aromatic heterocycles. The van der Waals surface area contributed by atoms with E-state index in [1.165, 1.54) is 218 Å². The second kappa shape index (κ2) is 55.0. The standard InChI is InChI=1S/C64H121N2O6P/c1-6-8-10-12-14-16-18-20-22-24-26-28-30-32-34-35-37-39-41-43-45-47-49-51-53-55-57-63(67)62(61-72-73(69,70)71-60-59-66(3,4)5)65-64(68)58-56-54-52-50-48-46-44-42-40-38-36-33-31-29-27-25-23-21-19-17-15-13-11-9-7-2/h19,21,25,27,31,33,47,49,55,57,62-63,67H,6-18,20,22-24,26,28-30,32,34-46,48,50-54,56,58-61H2,1-5H3,(H-,65,68,69,70)/p+1/b21-19-,27-25-,33-31-,49-47+,57-55+. The minimum Gasteiger partial charge on any atom is -0.387 e. The maximum Gasteiger partial charge on any atom is 0.472 e. The zero-order chi connectivity index (χ0) is 53.5. The minimum atomic E-state index is -4.36. The Labute approximate surface area is 453 Å². The molecule has 0 radical (unpaired) electrons. The van der Waals surface area contributed by atoms with Crippen molar-refractivity contribution in [2.24, 2.45) is 0 Å². The van der Waals surface area contributed by atoms with E-state index in [9.17, 15) is 19.4 Å². The van der Waals surface area contributed by atoms with Gasteiger partial charge in [0.25, 0.3) is 0 Å². The Morgan fingerprint density at radius 2 is 0.795 bits per heavy atom. The number of unbranched alkanes of at least 4 members (excludes halogenated alkanes) is 36. The lowest BCUT2D eigenvalue weighted by Crippen LogP contribution is -2.45. The number of rotatable bonds is 57. The number of allylic oxidation sites excluding steroid dienone is 9. The smallest absolute Gasteiger partial charge is 0.387 e. The van der Waals surface area contributed by atoms with Crippen LogP contribution < -0.4 is 5.32 Å². The summed E-state index contributed by atoms with van der Waals surface area (Å²) in [5.41, 5.74) is 0. The molecule has 0 aliphatic heterocycles. The highest BCUT2D eigenvalue weighted by atomic mass is 31.2. The summed E-state index contributed by atoms with van der Waals surface area (Å²) in [6.07, 6.45) is 74.8. The molecule has 0 bridgehead atoms. The summed E-state index contributed by atoms with van der Waals surface area (Å²) in [5.74, 6) is -0.189. The second-order valence-corrected chi connectivity index (χ2v) is 23.9. The molecule has 8 nitrogen and oxygen atoms in total. The number of quaternary nitrogens is 1. The van der Waals surface area contributed by atoms with Crippen LogP contribution in [0.5, 0.6) is 0 Å². The molecule has 0 rings (SSSR count). The number of phosphoric acid groups is 1. The van der Waals surface area contributed by atoms with Crippen molar-refractivity contribution in [1.29, 1.82) is 0 Å². The van der Waals surface area contributed by atoms with Crippen LogP contribution in [0.25, 0.3) is 0 Å². The topological polar surface area (TPSA) is 105 Å². The molecule has 0 aromatic rings. The molecule has 73 heavy (non-hydrogen) atoms. The first-order chi connectivity index (χ1) is 35.5. The lowest BCUT2D eigenvalue weighted by molar-refractivity contribution is -0.870. The summed E-state index contributed by atoms with van der Waals surface area (Å²) in [5, 5.41) is 13.9. The predicted octanol–water partition coefficient (Wildman–Crippen LogP) is 19.3. The van der Waals surface area contributed by atoms with E-state index >= 15 is 0 Å². The van der Waals surface area contributed by atoms with Gasteiger partial charge in [0.2, 0.25) is 5.91 Å². The average molecular weight is 1050 g/mol. The van der Waals surface area contributed by atoms with Crippen LogP contribution in [-0.2, 0) is 18.4 Å². The van der Waals surface area contributed by atoms with Crippen molar-refractivity contribution in [2.75, 3.05) is 40.9 Å². The van der Waals surface area contributed by atoms with Gasteiger partial charge in [-0.1, -0.05) is 274 Å². The number of phosphoric ester groups is 1. The van der Waals surface area contributed by atoms with Crippen molar-refractivity contribution in [3.05, 3.63) is 60.8 Å². The number of carbonyl (C=O) groups is 1. The molecule has 9 heteroatoms. The van der Waals surface area contributed by atoms with Crippen LogP contribution in [0.1, 0.15) is 290 Å². The van der Waals surface area contributed by atoms with Gasteiger partial charge in [-0.2, -0.15) is 0 Å². The Bertz CT molecular complexity index is 1370. The number of aliphatic hydroxyl groups excluding tert-OH is 1. The van der Waals surface area contributed by atoms with Crippen LogP contribution in [0.3, 0.4) is 0 Å². The Balaban J connectivity index is 4.22. The zero-order valence-electron chi connectivity index (χ0n) is 48.9. The summed E-state index contributed by atoms with van der Waals surface area (Å²) in [7, 11) is 1.55. The third-order valence-electron chi connectivity index (χ3n) is 14.0. The quantitative estimate of drug-likeness (QED) is 0.0243. The summed E-state index contributed by atoms with van der Waals surface area (Å²) < 4.78 is 23.7. The molecule has 0 heterocycles. The first kappa shape index (κ1) is 71.2. The summed E-state index contributed by atoms with van der Waals surface area (Å²) in [6.45, 7) is 4.81. The summed E-state index contributed by atoms with van der Waals surface area (Å²) >= 11 is 0. The maximum atomic E-state index is 13.0. The van der Waals surface area contributed by atoms with Gasteiger partial charge in [-0.05, 0) is 70.6 Å². The van der Waals surface area contributed by atoms with Crippen molar-refractivity contribution < 1.29 is 32.9 Å². The van der Waals surface area contributed by atoms with Gasteiger partial charge in [-0.3, -0.25) is 13.8 Å². The number of nitrogens with one attached hydrogen (secondary N) is 1. The molecule has 0 fully saturated rings. The third kappa shape index (κ3) is 57.7. The van der Waals surface area contributed by atoms with Crippen LogP contribution in [-0.4, -0.2) is 73.4 Å². The molecule has 0 saturated heterocycles. The molecular weight excluding hydrogens is 924 g/mol. The van der Waals surface area contributed by atoms with Crippen molar-refractivity contribution in [3.8, 4) is 0 Å². The van der Waals surface area contributed by atoms with E-state index in [0.717, 1.165) is 51.4 Å². The van der Waals surface area contributed by atoms with Crippen molar-refractivity contribution in [3.63, 3.8) is 0 Å². The van der Waals surface area contributed by atoms with E-state index in [0.29, 0.717) is 17.4 Å². The Morgan fingerprint density at radius 1 is 0.466 bits per heavy atom. The van der Waals surface area contributed by atoms with Gasteiger partial charge in [0.05, 0.1) is 39.9 Å². The Kier molecular flexibility index (Phi) is 53.6. The van der Waals surface area contributed by atoms with Crippen LogP contribution in [0.4, 0.5) is 0 Å². The van der Waals surface area contributed by atoms with Gasteiger partial charge in [0, 0.05) is 6.42 Å². The number of hydrogen-bond donors (Lipinski definition) is 3. The second-order valence-electron chi connectivity index (χ2n) is 22.4. The molecule has 428 valence electrons. The monoisotopic (exact) mass is 1050 g/mol. The van der Waals surface area contributed by atoms with E-state index in [2.05, 4.69) is 67.8 Å². The fourth-order valence-electron chi connectivity index (χ4n) is 9.07. The van der Waals surface area contributed by atoms with Gasteiger partial charge < -0.3 is 19.8 Å². The molecule has 0 spiro atoms. The number of carbonyl (C=O) groups excluding carboxylic acids is 1. The largest absolute Gasteiger partial charge is 0.472 e. The van der Waals surface area contributed by atoms with Gasteiger partial charge in [-0.15, -0.1) is 0 Å². The molecular formula is C64H122N2O6P+. The molecule has 1 amide bonds. The molecule has 3 atom stereocenters. The Hall–Kier alpha value is -1.80. The van der Waals surface area contributed by atoms with Crippen molar-refractivity contribution in [1.82, 2.24) is 5.32 Å². The van der Waals surface area contributed by atoms with Crippen molar-refractivity contribution >= 4 is 13.7 Å². The first-order valence-electron chi connectivity index (χ1n) is 31.2. The van der Waals surface area contributed by atoms with E-state index in [-0.39, 0.29) is 19.1 Å². The molecule has 3 unspecified atom stereocenters. The van der Waals surface area contributed by atoms with Crippen LogP contribution in [0, 0.1) is 0 Å². The number of amides is 1. The van der Waals surface area contributed by atoms with Gasteiger partial charge in [-0.25, -0.2) is 4.57 Å². The minimum absolute atomic E-state index is 0.0538. The lowest BCUT2D eigenvalue weighted by atomic mass is 10.0. The number of aliphatic hydroxyl groups is 1. The van der Waals surface area contributed by atoms with E-state index in [1.807, 2.05) is 27.2 Å². The van der Waals surface area contributed by atoms with Crippen LogP contribution >= 0.6 is 7.82 Å². The fourth-order valence-corrected chi connectivity index (χ4v) is 9.80. The number of hydrogen-bond acceptors (Lipinski definition) is 5. The third-order valence-corrected chi connectivity index (χ3v) is 14.9. The highest BCUT2D eigenvalue weighted by molar-refractivity contribution is 7.47. The zero-order valence-corrected chi connectivity index (χ0v) is 49.8. The average Bonchev–Trinajstić information content (AvgIpc) is 3.35. The van der Waals surface area contributed by atoms with Gasteiger partial charge in [0.15, 0.2) is 0 Å². The molecule has 0 saturated carbocycles. The maximum absolute atomic E-state index is 13.0. The van der Waals surface area contributed by atoms with Gasteiger partial charge >= 0.3 is 7.82 Å². The van der Waals surface area contributed by atoms with Crippen LogP contribution in [0.15, 0.2) is 60.8 Å². The highest BCUT2D eigenvalue weighted by Gasteiger charge is 2.27. The van der Waals surface area contributed by atoms with Gasteiger partial charge in [0.1, 0.15) is 13.2 Å². The molecule has 0 aliphatic rings. The normalized spacial score (nSPS) is 14.2. The number of likely N-dealkylation sites (N-methyl/N-ethyl adjacent to an activating group) is 1. The lowest BCUT2D eigenvalue weighted by Gasteiger charge is -2.25. The fraction of sp³-hybridized carbons (Fsp3) is 0.828. The first-order valence-corrected chi connectivity index (χ1v) is 32.7. The molecule has 3 N–H and O–H groups in total. The highest BCUT2D eigenvalue weighted by Crippen LogP contribution is 2.43. The van der Waals surface area contributed by atoms with Crippen LogP contribution in [0.2, 0.25) is 0 Å². The Morgan fingerprint density at radius 3 is 1.19 bits per heavy atom. The number of nitrogens with zero attached hydrogens (tertiary/aromatic N) is 1. The summed E-state index contributed by atoms with van der Waals surface area (Å²) in [6, 6.07) is -0.869. The SMILES string of the molecule is CCCCCCC/C=C\C/C=C\C/C=C\CCCCCCCCCCCCC(=O)NC(COP(=O)(O)OCC[N+](C)(C)C)C(O)/C=C/CC/C=C/CCCCCCCCCCCCCCCCCCCCCC. The van der Waals surface area contributed by atoms with E-state index < -0.39 is 20.0 Å². The van der Waals surface area contributed by atoms with E-state index in [4.69, 9.17) is 9.05 Å². The van der Waals surface area contributed by atoms with Crippen molar-refractivity contribution in [2.45, 2.75) is 302 Å². The molecule has 0 aromatic carbocycles. The predicted molar refractivity (Wildman–Crippen MR) is 318 cm³/mol. The summed E-state index contributed by atoms with van der Waals surface area (Å²) in [4.78, 5) is 23.3.